The summed E-state index contributed by atoms with van der Waals surface area (Å²) in [6.07, 6.45) is 36.9. The van der Waals surface area contributed by atoms with E-state index in [1.165, 1.54) is 167 Å². The number of aliphatic carboxylic acids is 2. The van der Waals surface area contributed by atoms with Gasteiger partial charge >= 0.3 is 11.9 Å². The van der Waals surface area contributed by atoms with E-state index < -0.39 is 24.1 Å². The zero-order valence-electron chi connectivity index (χ0n) is 30.8. The second-order valence-electron chi connectivity index (χ2n) is 13.4. The first-order chi connectivity index (χ1) is 22.2. The number of unbranched alkanes of at least 4 members (excludes halogenated alkanes) is 27. The Kier molecular flexibility index (Phi) is 46.9. The molecular weight excluding hydrogens is 580 g/mol. The molecule has 0 spiro atoms. The van der Waals surface area contributed by atoms with Crippen LogP contribution in [0.4, 0.5) is 0 Å². The van der Waals surface area contributed by atoms with Gasteiger partial charge in [0, 0.05) is 6.42 Å². The lowest BCUT2D eigenvalue weighted by atomic mass is 10.0. The monoisotopic (exact) mass is 661 g/mol. The van der Waals surface area contributed by atoms with Crippen molar-refractivity contribution in [3.8, 4) is 0 Å². The number of aliphatic hydroxyl groups is 3. The molecule has 0 aromatic carbocycles. The number of carboxylic acids is 2. The third-order valence-corrected chi connectivity index (χ3v) is 8.37. The van der Waals surface area contributed by atoms with Crippen LogP contribution in [0.2, 0.25) is 0 Å². The summed E-state index contributed by atoms with van der Waals surface area (Å²) in [5.41, 5.74) is 0. The van der Waals surface area contributed by atoms with Crippen LogP contribution in [0.1, 0.15) is 220 Å². The first-order valence-corrected chi connectivity index (χ1v) is 19.6. The van der Waals surface area contributed by atoms with E-state index in [1.54, 1.807) is 0 Å². The molecule has 0 aromatic rings. The largest absolute Gasteiger partial charge is 0.481 e. The lowest BCUT2D eigenvalue weighted by Gasteiger charge is -2.05. The van der Waals surface area contributed by atoms with Gasteiger partial charge in [0.1, 0.15) is 0 Å². The molecule has 7 nitrogen and oxygen atoms in total. The number of rotatable bonds is 33. The van der Waals surface area contributed by atoms with Crippen LogP contribution in [0.15, 0.2) is 0 Å². The van der Waals surface area contributed by atoms with E-state index in [2.05, 4.69) is 13.8 Å². The van der Waals surface area contributed by atoms with E-state index in [0.29, 0.717) is 12.8 Å². The summed E-state index contributed by atoms with van der Waals surface area (Å²) in [5.74, 6) is -1.75. The SMILES string of the molecule is CC(O)CO.CCCCCCCCCCCCCCCCC(O)C(=O)O.CCCCCCCCCCCCCCCCCC(=O)O. The minimum absolute atomic E-state index is 0.139. The molecule has 46 heavy (non-hydrogen) atoms. The summed E-state index contributed by atoms with van der Waals surface area (Å²) in [4.78, 5) is 20.7. The molecule has 0 aliphatic heterocycles. The van der Waals surface area contributed by atoms with Crippen molar-refractivity contribution in [1.29, 1.82) is 0 Å². The average molecular weight is 661 g/mol. The van der Waals surface area contributed by atoms with E-state index in [9.17, 15) is 9.59 Å². The molecule has 0 fully saturated rings. The van der Waals surface area contributed by atoms with Crippen LogP contribution >= 0.6 is 0 Å². The second kappa shape index (κ2) is 43.8. The molecule has 2 unspecified atom stereocenters. The molecule has 0 heterocycles. The Bertz CT molecular complexity index is 583. The van der Waals surface area contributed by atoms with Gasteiger partial charge in [-0.1, -0.05) is 194 Å². The minimum atomic E-state index is -1.16. The molecule has 0 aromatic heterocycles. The van der Waals surface area contributed by atoms with Crippen molar-refractivity contribution in [2.24, 2.45) is 0 Å². The fourth-order valence-corrected chi connectivity index (χ4v) is 5.30. The van der Waals surface area contributed by atoms with E-state index >= 15 is 0 Å². The maximum atomic E-state index is 10.4. The van der Waals surface area contributed by atoms with Crippen LogP contribution in [0.25, 0.3) is 0 Å². The highest BCUT2D eigenvalue weighted by Crippen LogP contribution is 2.15. The van der Waals surface area contributed by atoms with Gasteiger partial charge < -0.3 is 25.5 Å². The van der Waals surface area contributed by atoms with Gasteiger partial charge in [-0.3, -0.25) is 4.79 Å². The van der Waals surface area contributed by atoms with Crippen molar-refractivity contribution < 1.29 is 35.1 Å². The van der Waals surface area contributed by atoms with Gasteiger partial charge in [0.15, 0.2) is 6.10 Å². The topological polar surface area (TPSA) is 135 Å². The number of carboxylic acid groups (broad SMARTS) is 2. The second-order valence-corrected chi connectivity index (χ2v) is 13.4. The molecular formula is C39H80O7. The van der Waals surface area contributed by atoms with Crippen LogP contribution in [-0.2, 0) is 9.59 Å². The van der Waals surface area contributed by atoms with Crippen LogP contribution < -0.4 is 0 Å². The first-order valence-electron chi connectivity index (χ1n) is 19.6. The third-order valence-electron chi connectivity index (χ3n) is 8.37. The lowest BCUT2D eigenvalue weighted by Crippen LogP contribution is -2.18. The molecule has 2 atom stereocenters. The van der Waals surface area contributed by atoms with Gasteiger partial charge in [-0.25, -0.2) is 4.79 Å². The van der Waals surface area contributed by atoms with Crippen LogP contribution in [0, 0.1) is 0 Å². The summed E-state index contributed by atoms with van der Waals surface area (Å²) in [7, 11) is 0. The Hall–Kier alpha value is -1.18. The molecule has 7 heteroatoms. The van der Waals surface area contributed by atoms with Crippen LogP contribution in [0.5, 0.6) is 0 Å². The van der Waals surface area contributed by atoms with Crippen molar-refractivity contribution in [2.45, 2.75) is 232 Å². The number of hydrogen-bond acceptors (Lipinski definition) is 5. The molecule has 278 valence electrons. The zero-order valence-corrected chi connectivity index (χ0v) is 30.8. The Balaban J connectivity index is -0.000000700. The summed E-state index contributed by atoms with van der Waals surface area (Å²) in [6, 6.07) is 0. The standard InChI is InChI=1S/C18H36O3.C18H36O2.C3H8O2/c1-2-3-4-5-6-7-8-9-10-11-12-13-14-15-16-17(19)18(20)21;1-2-3-4-5-6-7-8-9-10-11-12-13-14-15-16-17-18(19)20;1-3(5)2-4/h17,19H,2-16H2,1H3,(H,20,21);2-17H2,1H3,(H,19,20);3-5H,2H2,1H3. The van der Waals surface area contributed by atoms with E-state index in [4.69, 9.17) is 25.5 Å². The minimum Gasteiger partial charge on any atom is -0.481 e. The highest BCUT2D eigenvalue weighted by Gasteiger charge is 2.11. The predicted molar refractivity (Wildman–Crippen MR) is 195 cm³/mol. The Morgan fingerprint density at radius 2 is 0.696 bits per heavy atom. The zero-order chi connectivity index (χ0) is 34.9. The normalized spacial score (nSPS) is 12.0. The van der Waals surface area contributed by atoms with Gasteiger partial charge in [0.05, 0.1) is 12.7 Å². The Morgan fingerprint density at radius 1 is 0.457 bits per heavy atom. The van der Waals surface area contributed by atoms with Gasteiger partial charge in [0.25, 0.3) is 0 Å². The average Bonchev–Trinajstić information content (AvgIpc) is 3.03. The van der Waals surface area contributed by atoms with Crippen LogP contribution in [-0.4, -0.2) is 56.3 Å². The third kappa shape index (κ3) is 52.4. The first kappa shape index (κ1) is 49.2. The number of carbonyl (C=O) groups is 2. The highest BCUT2D eigenvalue weighted by molar-refractivity contribution is 5.71. The van der Waals surface area contributed by atoms with Gasteiger partial charge in [0.2, 0.25) is 0 Å². The molecule has 0 radical (unpaired) electrons. The summed E-state index contributed by atoms with van der Waals surface area (Å²) >= 11 is 0. The predicted octanol–water partition coefficient (Wildman–Crippen LogP) is 11.0. The fourth-order valence-electron chi connectivity index (χ4n) is 5.30. The Labute approximate surface area is 285 Å². The van der Waals surface area contributed by atoms with E-state index in [-0.39, 0.29) is 6.61 Å². The van der Waals surface area contributed by atoms with Crippen molar-refractivity contribution in [3.63, 3.8) is 0 Å². The van der Waals surface area contributed by atoms with Gasteiger partial charge in [-0.15, -0.1) is 0 Å². The molecule has 0 bridgehead atoms. The molecule has 0 rings (SSSR count). The summed E-state index contributed by atoms with van der Waals surface area (Å²) in [6.45, 7) is 5.92. The molecule has 0 saturated heterocycles. The number of aliphatic hydroxyl groups excluding tert-OH is 3. The Morgan fingerprint density at radius 3 is 0.913 bits per heavy atom. The van der Waals surface area contributed by atoms with Crippen molar-refractivity contribution in [1.82, 2.24) is 0 Å². The maximum absolute atomic E-state index is 10.4. The molecule has 5 N–H and O–H groups in total. The molecule has 0 saturated carbocycles. The summed E-state index contributed by atoms with van der Waals surface area (Å²) < 4.78 is 0. The van der Waals surface area contributed by atoms with Crippen LogP contribution in [0.3, 0.4) is 0 Å². The highest BCUT2D eigenvalue weighted by atomic mass is 16.4. The van der Waals surface area contributed by atoms with Crippen molar-refractivity contribution in [2.75, 3.05) is 6.61 Å². The maximum Gasteiger partial charge on any atom is 0.332 e. The molecule has 0 aliphatic carbocycles. The van der Waals surface area contributed by atoms with Crippen molar-refractivity contribution >= 4 is 11.9 Å². The van der Waals surface area contributed by atoms with E-state index in [1.807, 2.05) is 0 Å². The smallest absolute Gasteiger partial charge is 0.332 e. The van der Waals surface area contributed by atoms with E-state index in [0.717, 1.165) is 25.7 Å². The van der Waals surface area contributed by atoms with Gasteiger partial charge in [-0.05, 0) is 19.8 Å². The molecule has 0 aliphatic rings. The van der Waals surface area contributed by atoms with Gasteiger partial charge in [-0.2, -0.15) is 0 Å². The number of hydrogen-bond donors (Lipinski definition) is 5. The van der Waals surface area contributed by atoms with Crippen molar-refractivity contribution in [3.05, 3.63) is 0 Å². The lowest BCUT2D eigenvalue weighted by molar-refractivity contribution is -0.147. The molecule has 0 amide bonds. The fraction of sp³-hybridized carbons (Fsp3) is 0.949. The summed E-state index contributed by atoms with van der Waals surface area (Å²) in [5, 5.41) is 42.2. The quantitative estimate of drug-likeness (QED) is 0.0442.